The molecule has 1 unspecified atom stereocenters. The SMILES string of the molecule is C=CC(=O)NCCCCC(NC(=O)Cc1ccccc1)C(=O)N1CCN(c2cccc(F)n2)CC1. The van der Waals surface area contributed by atoms with Crippen LogP contribution in [0.2, 0.25) is 0 Å². The normalized spacial score (nSPS) is 14.2. The van der Waals surface area contributed by atoms with Gasteiger partial charge in [-0.1, -0.05) is 43.0 Å². The molecule has 0 aliphatic carbocycles. The number of rotatable bonds is 11. The number of nitrogens with one attached hydrogen (secondary N) is 2. The summed E-state index contributed by atoms with van der Waals surface area (Å²) in [6.07, 6.45) is 3.21. The number of hydrogen-bond donors (Lipinski definition) is 2. The Labute approximate surface area is 205 Å². The molecule has 1 aliphatic heterocycles. The Bertz CT molecular complexity index is 1010. The highest BCUT2D eigenvalue weighted by molar-refractivity contribution is 5.88. The van der Waals surface area contributed by atoms with Crippen LogP contribution >= 0.6 is 0 Å². The van der Waals surface area contributed by atoms with Crippen molar-refractivity contribution in [2.75, 3.05) is 37.6 Å². The average Bonchev–Trinajstić information content (AvgIpc) is 2.88. The van der Waals surface area contributed by atoms with E-state index in [1.807, 2.05) is 35.2 Å². The van der Waals surface area contributed by atoms with Gasteiger partial charge in [0.15, 0.2) is 0 Å². The molecule has 0 spiro atoms. The van der Waals surface area contributed by atoms with E-state index in [1.165, 1.54) is 12.1 Å². The molecule has 35 heavy (non-hydrogen) atoms. The molecule has 3 rings (SSSR count). The van der Waals surface area contributed by atoms with E-state index < -0.39 is 12.0 Å². The quantitative estimate of drug-likeness (QED) is 0.291. The van der Waals surface area contributed by atoms with Crippen LogP contribution in [0.4, 0.5) is 10.2 Å². The van der Waals surface area contributed by atoms with Crippen LogP contribution < -0.4 is 15.5 Å². The predicted octanol–water partition coefficient (Wildman–Crippen LogP) is 2.07. The third-order valence-electron chi connectivity index (χ3n) is 5.86. The number of nitrogens with zero attached hydrogens (tertiary/aromatic N) is 3. The summed E-state index contributed by atoms with van der Waals surface area (Å²) in [5, 5.41) is 5.63. The van der Waals surface area contributed by atoms with E-state index >= 15 is 0 Å². The third-order valence-corrected chi connectivity index (χ3v) is 5.86. The fourth-order valence-corrected chi connectivity index (χ4v) is 3.99. The van der Waals surface area contributed by atoms with Crippen LogP contribution in [-0.4, -0.2) is 66.4 Å². The van der Waals surface area contributed by atoms with Gasteiger partial charge in [0, 0.05) is 32.7 Å². The van der Waals surface area contributed by atoms with Gasteiger partial charge in [-0.2, -0.15) is 4.39 Å². The Morgan fingerprint density at radius 3 is 2.46 bits per heavy atom. The van der Waals surface area contributed by atoms with Crippen molar-refractivity contribution < 1.29 is 18.8 Å². The van der Waals surface area contributed by atoms with E-state index in [0.29, 0.717) is 57.8 Å². The predicted molar refractivity (Wildman–Crippen MR) is 132 cm³/mol. The van der Waals surface area contributed by atoms with Gasteiger partial charge in [0.05, 0.1) is 6.42 Å². The molecule has 3 amide bonds. The monoisotopic (exact) mass is 481 g/mol. The lowest BCUT2D eigenvalue weighted by Gasteiger charge is -2.37. The van der Waals surface area contributed by atoms with Crippen molar-refractivity contribution in [1.29, 1.82) is 0 Å². The Balaban J connectivity index is 1.57. The second kappa shape index (κ2) is 13.2. The van der Waals surface area contributed by atoms with Crippen LogP contribution in [0.1, 0.15) is 24.8 Å². The highest BCUT2D eigenvalue weighted by atomic mass is 19.1. The average molecular weight is 482 g/mol. The lowest BCUT2D eigenvalue weighted by atomic mass is 10.1. The van der Waals surface area contributed by atoms with Crippen LogP contribution in [0, 0.1) is 5.95 Å². The van der Waals surface area contributed by atoms with E-state index in [4.69, 9.17) is 0 Å². The van der Waals surface area contributed by atoms with Crippen LogP contribution in [0.25, 0.3) is 0 Å². The summed E-state index contributed by atoms with van der Waals surface area (Å²) in [6.45, 7) is 5.87. The van der Waals surface area contributed by atoms with Gasteiger partial charge in [-0.15, -0.1) is 0 Å². The number of benzene rings is 1. The van der Waals surface area contributed by atoms with E-state index in [2.05, 4.69) is 22.2 Å². The van der Waals surface area contributed by atoms with Crippen molar-refractivity contribution in [2.45, 2.75) is 31.7 Å². The molecular formula is C26H32FN5O3. The maximum absolute atomic E-state index is 13.5. The smallest absolute Gasteiger partial charge is 0.245 e. The minimum atomic E-state index is -0.653. The molecule has 2 aromatic rings. The molecule has 0 bridgehead atoms. The van der Waals surface area contributed by atoms with Crippen molar-refractivity contribution in [3.05, 3.63) is 72.7 Å². The fourth-order valence-electron chi connectivity index (χ4n) is 3.99. The first-order valence-electron chi connectivity index (χ1n) is 11.9. The lowest BCUT2D eigenvalue weighted by molar-refractivity contribution is -0.136. The number of carbonyl (C=O) groups excluding carboxylic acids is 3. The number of aromatic nitrogens is 1. The summed E-state index contributed by atoms with van der Waals surface area (Å²) in [4.78, 5) is 44.9. The van der Waals surface area contributed by atoms with Gasteiger partial charge in [0.2, 0.25) is 23.7 Å². The number of piperazine rings is 1. The highest BCUT2D eigenvalue weighted by Crippen LogP contribution is 2.15. The summed E-state index contributed by atoms with van der Waals surface area (Å²) in [5.74, 6) is -0.567. The summed E-state index contributed by atoms with van der Waals surface area (Å²) in [6, 6.07) is 13.4. The second-order valence-corrected chi connectivity index (χ2v) is 8.40. The van der Waals surface area contributed by atoms with E-state index in [9.17, 15) is 18.8 Å². The van der Waals surface area contributed by atoms with Gasteiger partial charge in [-0.3, -0.25) is 14.4 Å². The van der Waals surface area contributed by atoms with E-state index in [0.717, 1.165) is 5.56 Å². The molecule has 8 nitrogen and oxygen atoms in total. The first-order valence-corrected chi connectivity index (χ1v) is 11.9. The van der Waals surface area contributed by atoms with Crippen LogP contribution in [0.15, 0.2) is 61.2 Å². The molecule has 2 N–H and O–H groups in total. The first-order chi connectivity index (χ1) is 17.0. The minimum absolute atomic E-state index is 0.131. The largest absolute Gasteiger partial charge is 0.353 e. The van der Waals surface area contributed by atoms with Gasteiger partial charge in [-0.05, 0) is 43.0 Å². The minimum Gasteiger partial charge on any atom is -0.353 e. The van der Waals surface area contributed by atoms with Crippen molar-refractivity contribution in [3.63, 3.8) is 0 Å². The van der Waals surface area contributed by atoms with Crippen LogP contribution in [0.5, 0.6) is 0 Å². The molecule has 2 heterocycles. The van der Waals surface area contributed by atoms with Crippen molar-refractivity contribution >= 4 is 23.5 Å². The summed E-state index contributed by atoms with van der Waals surface area (Å²) >= 11 is 0. The topological polar surface area (TPSA) is 94.6 Å². The molecule has 0 radical (unpaired) electrons. The summed E-state index contributed by atoms with van der Waals surface area (Å²) < 4.78 is 13.5. The van der Waals surface area contributed by atoms with Gasteiger partial charge < -0.3 is 20.4 Å². The molecule has 186 valence electrons. The number of carbonyl (C=O) groups is 3. The molecule has 1 atom stereocenters. The van der Waals surface area contributed by atoms with Gasteiger partial charge in [0.1, 0.15) is 11.9 Å². The van der Waals surface area contributed by atoms with Crippen molar-refractivity contribution in [3.8, 4) is 0 Å². The Morgan fingerprint density at radius 1 is 1.03 bits per heavy atom. The molecule has 1 fully saturated rings. The highest BCUT2D eigenvalue weighted by Gasteiger charge is 2.29. The standard InChI is InChI=1S/C26H32FN5O3/c1-2-24(33)28-14-7-6-11-21(29-25(34)19-20-9-4-3-5-10-20)26(35)32-17-15-31(16-18-32)23-13-8-12-22(27)30-23/h2-5,8-10,12-13,21H,1,6-7,11,14-19H2,(H,28,33)(H,29,34). The van der Waals surface area contributed by atoms with E-state index in [-0.39, 0.29) is 24.1 Å². The van der Waals surface area contributed by atoms with Crippen LogP contribution in [0.3, 0.4) is 0 Å². The maximum Gasteiger partial charge on any atom is 0.245 e. The number of amides is 3. The van der Waals surface area contributed by atoms with Gasteiger partial charge in [0.25, 0.3) is 0 Å². The number of unbranched alkanes of at least 4 members (excludes halogenated alkanes) is 1. The zero-order valence-electron chi connectivity index (χ0n) is 19.8. The van der Waals surface area contributed by atoms with E-state index in [1.54, 1.807) is 17.0 Å². The molecule has 1 aliphatic rings. The zero-order valence-corrected chi connectivity index (χ0v) is 19.8. The molecule has 9 heteroatoms. The first kappa shape index (κ1) is 25.9. The van der Waals surface area contributed by atoms with Gasteiger partial charge in [-0.25, -0.2) is 4.98 Å². The zero-order chi connectivity index (χ0) is 25.0. The molecule has 1 saturated heterocycles. The fraction of sp³-hybridized carbons (Fsp3) is 0.385. The third kappa shape index (κ3) is 8.20. The number of pyridine rings is 1. The lowest BCUT2D eigenvalue weighted by Crippen LogP contribution is -2.55. The summed E-state index contributed by atoms with van der Waals surface area (Å²) in [5.41, 5.74) is 0.875. The van der Waals surface area contributed by atoms with Crippen molar-refractivity contribution in [2.24, 2.45) is 0 Å². The van der Waals surface area contributed by atoms with Crippen molar-refractivity contribution in [1.82, 2.24) is 20.5 Å². The van der Waals surface area contributed by atoms with Crippen LogP contribution in [-0.2, 0) is 20.8 Å². The number of hydrogen-bond acceptors (Lipinski definition) is 5. The second-order valence-electron chi connectivity index (χ2n) is 8.40. The Morgan fingerprint density at radius 2 is 1.77 bits per heavy atom. The number of halogens is 1. The molecule has 0 saturated carbocycles. The maximum atomic E-state index is 13.5. The summed E-state index contributed by atoms with van der Waals surface area (Å²) in [7, 11) is 0. The van der Waals surface area contributed by atoms with Gasteiger partial charge >= 0.3 is 0 Å². The number of anilines is 1. The molecular weight excluding hydrogens is 449 g/mol. The molecule has 1 aromatic carbocycles. The Kier molecular flexibility index (Phi) is 9.77. The molecule has 1 aromatic heterocycles. The Hall–Kier alpha value is -3.75.